The summed E-state index contributed by atoms with van der Waals surface area (Å²) in [5.74, 6) is 0.739. The Hall–Kier alpha value is -3.09. The highest BCUT2D eigenvalue weighted by Crippen LogP contribution is 2.22. The molecule has 2 heterocycles. The van der Waals surface area contributed by atoms with Crippen LogP contribution < -0.4 is 10.9 Å². The third-order valence-electron chi connectivity index (χ3n) is 3.07. The third-order valence-corrected chi connectivity index (χ3v) is 3.07. The number of rotatable bonds is 4. The van der Waals surface area contributed by atoms with Gasteiger partial charge in [-0.1, -0.05) is 6.07 Å². The first kappa shape index (κ1) is 16.3. The van der Waals surface area contributed by atoms with E-state index in [0.29, 0.717) is 13.1 Å². The van der Waals surface area contributed by atoms with Gasteiger partial charge >= 0.3 is 0 Å². The van der Waals surface area contributed by atoms with Gasteiger partial charge in [0.25, 0.3) is 6.47 Å². The second-order valence-electron chi connectivity index (χ2n) is 4.56. The van der Waals surface area contributed by atoms with Crippen molar-refractivity contribution in [2.24, 2.45) is 0 Å². The molecule has 0 radical (unpaired) electrons. The number of ether oxygens (including phenoxy) is 1. The zero-order valence-electron chi connectivity index (χ0n) is 12.9. The van der Waals surface area contributed by atoms with Crippen LogP contribution in [-0.4, -0.2) is 35.1 Å². The van der Waals surface area contributed by atoms with Crippen molar-refractivity contribution in [2.45, 2.75) is 6.92 Å². The summed E-state index contributed by atoms with van der Waals surface area (Å²) in [7, 11) is 1.82. The number of carbonyl (C=O) groups is 1. The molecule has 3 rings (SSSR count). The molecule has 3 N–H and O–H groups in total. The fourth-order valence-corrected chi connectivity index (χ4v) is 1.97. The number of fused-ring (bicyclic) bond motifs is 1. The quantitative estimate of drug-likeness (QED) is 0.641. The van der Waals surface area contributed by atoms with Crippen LogP contribution in [0.1, 0.15) is 6.92 Å². The molecule has 0 aliphatic carbocycles. The molecule has 0 bridgehead atoms. The van der Waals surface area contributed by atoms with Crippen LogP contribution >= 0.6 is 0 Å². The maximum Gasteiger partial charge on any atom is 0.293 e. The lowest BCUT2D eigenvalue weighted by atomic mass is 10.1. The standard InChI is InChI=1S/C13H12N4O.C3H6O2/c1-14-13-16-10-4-2-8(6-11(10)17-13)9-3-5-12(18)15-7-9;1-2-5-3-4/h2-7H,1H3,(H,15,18)(H2,14,16,17);3H,2H2,1H3. The van der Waals surface area contributed by atoms with E-state index in [0.717, 1.165) is 28.1 Å². The van der Waals surface area contributed by atoms with Crippen LogP contribution in [0.2, 0.25) is 0 Å². The minimum atomic E-state index is -0.0983. The Kier molecular flexibility index (Phi) is 5.51. The van der Waals surface area contributed by atoms with Gasteiger partial charge in [0.1, 0.15) is 0 Å². The molecule has 7 nitrogen and oxygen atoms in total. The number of anilines is 1. The van der Waals surface area contributed by atoms with Crippen LogP contribution in [0.5, 0.6) is 0 Å². The number of carbonyl (C=O) groups excluding carboxylic acids is 1. The number of hydrogen-bond acceptors (Lipinski definition) is 5. The topological polar surface area (TPSA) is 99.9 Å². The van der Waals surface area contributed by atoms with Gasteiger partial charge in [0.15, 0.2) is 0 Å². The molecule has 0 aliphatic heterocycles. The number of pyridine rings is 1. The van der Waals surface area contributed by atoms with E-state index in [1.807, 2.05) is 25.2 Å². The average Bonchev–Trinajstić information content (AvgIpc) is 2.99. The number of aromatic nitrogens is 3. The number of benzene rings is 1. The van der Waals surface area contributed by atoms with E-state index in [2.05, 4.69) is 25.0 Å². The molecular weight excluding hydrogens is 296 g/mol. The molecule has 0 fully saturated rings. The molecule has 7 heteroatoms. The SMILES string of the molecule is CCOC=O.CNc1nc2ccc(-c3ccc(=O)[nH]c3)cc2[nH]1. The van der Waals surface area contributed by atoms with E-state index in [9.17, 15) is 9.59 Å². The van der Waals surface area contributed by atoms with Crippen LogP contribution in [-0.2, 0) is 9.53 Å². The van der Waals surface area contributed by atoms with Gasteiger partial charge in [-0.15, -0.1) is 0 Å². The van der Waals surface area contributed by atoms with Gasteiger partial charge in [0, 0.05) is 19.3 Å². The maximum atomic E-state index is 11.0. The lowest BCUT2D eigenvalue weighted by molar-refractivity contribution is -0.128. The third kappa shape index (κ3) is 4.19. The molecule has 0 aliphatic rings. The molecule has 2 aromatic heterocycles. The number of hydrogen-bond donors (Lipinski definition) is 3. The summed E-state index contributed by atoms with van der Waals surface area (Å²) in [5, 5.41) is 2.97. The number of nitrogens with one attached hydrogen (secondary N) is 3. The highest BCUT2D eigenvalue weighted by molar-refractivity contribution is 5.83. The van der Waals surface area contributed by atoms with Gasteiger partial charge in [-0.2, -0.15) is 0 Å². The summed E-state index contributed by atoms with van der Waals surface area (Å²) in [6.45, 7) is 2.66. The maximum absolute atomic E-state index is 11.0. The fraction of sp³-hybridized carbons (Fsp3) is 0.188. The minimum Gasteiger partial charge on any atom is -0.468 e. The molecule has 0 unspecified atom stereocenters. The molecule has 120 valence electrons. The summed E-state index contributed by atoms with van der Waals surface area (Å²) >= 11 is 0. The Bertz CT molecular complexity index is 818. The summed E-state index contributed by atoms with van der Waals surface area (Å²) in [6, 6.07) is 9.26. The lowest BCUT2D eigenvalue weighted by Crippen LogP contribution is -2.01. The van der Waals surface area contributed by atoms with Crippen molar-refractivity contribution in [3.05, 3.63) is 46.9 Å². The summed E-state index contributed by atoms with van der Waals surface area (Å²) in [5.41, 5.74) is 3.77. The largest absolute Gasteiger partial charge is 0.468 e. The van der Waals surface area contributed by atoms with E-state index < -0.39 is 0 Å². The Balaban J connectivity index is 0.000000338. The van der Waals surface area contributed by atoms with Crippen molar-refractivity contribution >= 4 is 23.5 Å². The van der Waals surface area contributed by atoms with Crippen LogP contribution in [0.3, 0.4) is 0 Å². The van der Waals surface area contributed by atoms with Crippen LogP contribution in [0.4, 0.5) is 5.95 Å². The van der Waals surface area contributed by atoms with E-state index in [1.54, 1.807) is 19.2 Å². The second kappa shape index (κ2) is 7.79. The Morgan fingerprint density at radius 1 is 1.26 bits per heavy atom. The smallest absolute Gasteiger partial charge is 0.293 e. The Morgan fingerprint density at radius 3 is 2.61 bits per heavy atom. The molecule has 0 spiro atoms. The van der Waals surface area contributed by atoms with Crippen LogP contribution in [0.25, 0.3) is 22.2 Å². The second-order valence-corrected chi connectivity index (χ2v) is 4.56. The first-order valence-corrected chi connectivity index (χ1v) is 7.09. The fourth-order valence-electron chi connectivity index (χ4n) is 1.97. The summed E-state index contributed by atoms with van der Waals surface area (Å²) < 4.78 is 4.15. The molecular formula is C16H18N4O3. The molecule has 0 saturated carbocycles. The monoisotopic (exact) mass is 314 g/mol. The van der Waals surface area contributed by atoms with Gasteiger partial charge in [-0.25, -0.2) is 4.98 Å². The minimum absolute atomic E-state index is 0.0983. The van der Waals surface area contributed by atoms with Gasteiger partial charge in [-0.3, -0.25) is 9.59 Å². The zero-order chi connectivity index (χ0) is 16.7. The lowest BCUT2D eigenvalue weighted by Gasteiger charge is -2.00. The zero-order valence-corrected chi connectivity index (χ0v) is 12.9. The Morgan fingerprint density at radius 2 is 2.04 bits per heavy atom. The highest BCUT2D eigenvalue weighted by atomic mass is 16.5. The molecule has 0 saturated heterocycles. The highest BCUT2D eigenvalue weighted by Gasteiger charge is 2.03. The predicted octanol–water partition coefficient (Wildman–Crippen LogP) is 2.14. The average molecular weight is 314 g/mol. The number of H-pyrrole nitrogens is 2. The van der Waals surface area contributed by atoms with Crippen molar-refractivity contribution in [3.63, 3.8) is 0 Å². The number of aromatic amines is 2. The van der Waals surface area contributed by atoms with Crippen molar-refractivity contribution < 1.29 is 9.53 Å². The Labute approximate surface area is 132 Å². The summed E-state index contributed by atoms with van der Waals surface area (Å²) in [4.78, 5) is 30.4. The van der Waals surface area contributed by atoms with Crippen molar-refractivity contribution in [1.82, 2.24) is 15.0 Å². The predicted molar refractivity (Wildman–Crippen MR) is 89.4 cm³/mol. The normalized spacial score (nSPS) is 9.83. The van der Waals surface area contributed by atoms with Crippen molar-refractivity contribution in [1.29, 1.82) is 0 Å². The van der Waals surface area contributed by atoms with E-state index in [-0.39, 0.29) is 5.56 Å². The van der Waals surface area contributed by atoms with Crippen molar-refractivity contribution in [3.8, 4) is 11.1 Å². The summed E-state index contributed by atoms with van der Waals surface area (Å²) in [6.07, 6.45) is 1.71. The first-order chi connectivity index (χ1) is 11.2. The number of imidazole rings is 1. The van der Waals surface area contributed by atoms with Crippen molar-refractivity contribution in [2.75, 3.05) is 19.0 Å². The van der Waals surface area contributed by atoms with E-state index in [1.165, 1.54) is 6.07 Å². The van der Waals surface area contributed by atoms with Gasteiger partial charge < -0.3 is 20.0 Å². The molecule has 1 aromatic carbocycles. The van der Waals surface area contributed by atoms with Gasteiger partial charge in [-0.05, 0) is 36.2 Å². The first-order valence-electron chi connectivity index (χ1n) is 7.09. The van der Waals surface area contributed by atoms with Gasteiger partial charge in [0.2, 0.25) is 11.5 Å². The van der Waals surface area contributed by atoms with E-state index >= 15 is 0 Å². The number of nitrogens with zero attached hydrogens (tertiary/aromatic N) is 1. The molecule has 23 heavy (non-hydrogen) atoms. The molecule has 0 amide bonds. The molecule has 0 atom stereocenters. The van der Waals surface area contributed by atoms with Crippen LogP contribution in [0.15, 0.2) is 41.3 Å². The van der Waals surface area contributed by atoms with Crippen LogP contribution in [0, 0.1) is 0 Å². The molecule has 3 aromatic rings. The van der Waals surface area contributed by atoms with Gasteiger partial charge in [0.05, 0.1) is 17.6 Å². The van der Waals surface area contributed by atoms with E-state index in [4.69, 9.17) is 0 Å².